The van der Waals surface area contributed by atoms with E-state index in [1.54, 1.807) is 0 Å². The van der Waals surface area contributed by atoms with Crippen molar-refractivity contribution in [3.05, 3.63) is 24.9 Å². The SMILES string of the molecule is COc1cncc(OC2CCN(S(=O)(=O)c3cnc[nH]3)C2)n1. The summed E-state index contributed by atoms with van der Waals surface area (Å²) < 4.78 is 36.7. The number of sulfonamides is 1. The Kier molecular flexibility index (Phi) is 3.94. The van der Waals surface area contributed by atoms with Crippen LogP contribution >= 0.6 is 0 Å². The molecule has 0 spiro atoms. The number of methoxy groups -OCH3 is 1. The van der Waals surface area contributed by atoms with Crippen molar-refractivity contribution in [1.82, 2.24) is 24.2 Å². The number of hydrogen-bond donors (Lipinski definition) is 1. The minimum absolute atomic E-state index is 0.0781. The molecule has 0 radical (unpaired) electrons. The molecule has 0 aromatic carbocycles. The van der Waals surface area contributed by atoms with E-state index < -0.39 is 10.0 Å². The molecule has 0 bridgehead atoms. The summed E-state index contributed by atoms with van der Waals surface area (Å²) in [7, 11) is -2.07. The predicted octanol–water partition coefficient (Wildman–Crippen LogP) is 0.0503. The zero-order valence-corrected chi connectivity index (χ0v) is 12.7. The Morgan fingerprint density at radius 1 is 1.27 bits per heavy atom. The van der Waals surface area contributed by atoms with Crippen molar-refractivity contribution < 1.29 is 17.9 Å². The van der Waals surface area contributed by atoms with E-state index in [0.717, 1.165) is 0 Å². The Morgan fingerprint density at radius 2 is 2.09 bits per heavy atom. The Bertz CT molecular complexity index is 734. The van der Waals surface area contributed by atoms with Crippen LogP contribution in [-0.2, 0) is 10.0 Å². The van der Waals surface area contributed by atoms with E-state index in [4.69, 9.17) is 9.47 Å². The second-order valence-electron chi connectivity index (χ2n) is 4.71. The summed E-state index contributed by atoms with van der Waals surface area (Å²) in [4.78, 5) is 14.4. The second kappa shape index (κ2) is 5.89. The summed E-state index contributed by atoms with van der Waals surface area (Å²) in [6.07, 6.45) is 5.86. The van der Waals surface area contributed by atoms with Gasteiger partial charge in [0.25, 0.3) is 10.0 Å². The first kappa shape index (κ1) is 14.7. The fourth-order valence-corrected chi connectivity index (χ4v) is 3.57. The molecule has 0 saturated carbocycles. The van der Waals surface area contributed by atoms with Gasteiger partial charge < -0.3 is 14.5 Å². The van der Waals surface area contributed by atoms with Crippen LogP contribution in [0.3, 0.4) is 0 Å². The number of nitrogens with one attached hydrogen (secondary N) is 1. The molecule has 0 amide bonds. The number of aromatic nitrogens is 4. The fraction of sp³-hybridized carbons (Fsp3) is 0.417. The van der Waals surface area contributed by atoms with Gasteiger partial charge in [-0.2, -0.15) is 9.29 Å². The van der Waals surface area contributed by atoms with Gasteiger partial charge in [-0.1, -0.05) is 0 Å². The highest BCUT2D eigenvalue weighted by Gasteiger charge is 2.34. The van der Waals surface area contributed by atoms with E-state index in [0.29, 0.717) is 24.7 Å². The smallest absolute Gasteiger partial charge is 0.260 e. The number of hydrogen-bond acceptors (Lipinski definition) is 7. The number of rotatable bonds is 5. The van der Waals surface area contributed by atoms with Crippen LogP contribution in [0, 0.1) is 0 Å². The third-order valence-corrected chi connectivity index (χ3v) is 5.08. The van der Waals surface area contributed by atoms with Crippen molar-refractivity contribution >= 4 is 10.0 Å². The van der Waals surface area contributed by atoms with Gasteiger partial charge in [0.05, 0.1) is 38.6 Å². The predicted molar refractivity (Wildman–Crippen MR) is 75.0 cm³/mol. The average Bonchev–Trinajstić information content (AvgIpc) is 3.19. The molecule has 1 fully saturated rings. The van der Waals surface area contributed by atoms with E-state index in [9.17, 15) is 8.42 Å². The minimum atomic E-state index is -3.56. The quantitative estimate of drug-likeness (QED) is 0.827. The molecule has 1 aliphatic rings. The van der Waals surface area contributed by atoms with Crippen LogP contribution in [0.15, 0.2) is 29.9 Å². The molecule has 3 rings (SSSR count). The van der Waals surface area contributed by atoms with Crippen molar-refractivity contribution in [3.8, 4) is 11.8 Å². The normalized spacial score (nSPS) is 19.2. The number of aromatic amines is 1. The lowest BCUT2D eigenvalue weighted by Crippen LogP contribution is -2.31. The molecule has 9 nitrogen and oxygen atoms in total. The zero-order valence-electron chi connectivity index (χ0n) is 11.8. The molecule has 1 saturated heterocycles. The van der Waals surface area contributed by atoms with Crippen molar-refractivity contribution in [3.63, 3.8) is 0 Å². The Balaban J connectivity index is 1.67. The summed E-state index contributed by atoms with van der Waals surface area (Å²) in [5, 5.41) is 0.0781. The molecule has 22 heavy (non-hydrogen) atoms. The second-order valence-corrected chi connectivity index (χ2v) is 6.61. The highest BCUT2D eigenvalue weighted by molar-refractivity contribution is 7.89. The third-order valence-electron chi connectivity index (χ3n) is 3.29. The first-order valence-electron chi connectivity index (χ1n) is 6.61. The van der Waals surface area contributed by atoms with Gasteiger partial charge >= 0.3 is 0 Å². The Labute approximate surface area is 127 Å². The third kappa shape index (κ3) is 2.88. The summed E-state index contributed by atoms with van der Waals surface area (Å²) >= 11 is 0. The van der Waals surface area contributed by atoms with Crippen molar-refractivity contribution in [1.29, 1.82) is 0 Å². The number of H-pyrrole nitrogens is 1. The van der Waals surface area contributed by atoms with Gasteiger partial charge in [0.2, 0.25) is 11.8 Å². The summed E-state index contributed by atoms with van der Waals surface area (Å²) in [5.74, 6) is 0.655. The standard InChI is InChI=1S/C12H15N5O4S/c1-20-10-4-13-5-11(16-10)21-9-2-3-17(7-9)22(18,19)12-6-14-8-15-12/h4-6,8-9H,2-3,7H2,1H3,(H,14,15). The van der Waals surface area contributed by atoms with Gasteiger partial charge in [-0.05, 0) is 6.42 Å². The number of nitrogens with zero attached hydrogens (tertiary/aromatic N) is 4. The average molecular weight is 325 g/mol. The molecule has 118 valence electrons. The van der Waals surface area contributed by atoms with Crippen LogP contribution in [0.2, 0.25) is 0 Å². The molecular weight excluding hydrogens is 310 g/mol. The highest BCUT2D eigenvalue weighted by atomic mass is 32.2. The Hall–Kier alpha value is -2.20. The lowest BCUT2D eigenvalue weighted by atomic mass is 10.3. The molecule has 2 aromatic heterocycles. The van der Waals surface area contributed by atoms with E-state index >= 15 is 0 Å². The van der Waals surface area contributed by atoms with Crippen molar-refractivity contribution in [2.75, 3.05) is 20.2 Å². The summed E-state index contributed by atoms with van der Waals surface area (Å²) in [6.45, 7) is 0.629. The van der Waals surface area contributed by atoms with E-state index in [-0.39, 0.29) is 17.7 Å². The number of ether oxygens (including phenoxy) is 2. The molecule has 1 atom stereocenters. The van der Waals surface area contributed by atoms with E-state index in [2.05, 4.69) is 19.9 Å². The summed E-state index contributed by atoms with van der Waals surface area (Å²) in [5.41, 5.74) is 0. The molecule has 1 unspecified atom stereocenters. The minimum Gasteiger partial charge on any atom is -0.480 e. The zero-order chi connectivity index (χ0) is 15.6. The van der Waals surface area contributed by atoms with Crippen molar-refractivity contribution in [2.45, 2.75) is 17.6 Å². The van der Waals surface area contributed by atoms with Gasteiger partial charge in [-0.15, -0.1) is 0 Å². The van der Waals surface area contributed by atoms with Crippen LogP contribution in [0.25, 0.3) is 0 Å². The van der Waals surface area contributed by atoms with Crippen molar-refractivity contribution in [2.24, 2.45) is 0 Å². The van der Waals surface area contributed by atoms with E-state index in [1.165, 1.54) is 36.3 Å². The topological polar surface area (TPSA) is 110 Å². The van der Waals surface area contributed by atoms with Gasteiger partial charge in [0.1, 0.15) is 6.10 Å². The molecule has 0 aliphatic carbocycles. The van der Waals surface area contributed by atoms with Crippen LogP contribution in [0.5, 0.6) is 11.8 Å². The lowest BCUT2D eigenvalue weighted by molar-refractivity contribution is 0.203. The maximum Gasteiger partial charge on any atom is 0.260 e. The van der Waals surface area contributed by atoms with Crippen LogP contribution in [-0.4, -0.2) is 59.0 Å². The van der Waals surface area contributed by atoms with Crippen LogP contribution in [0.1, 0.15) is 6.42 Å². The van der Waals surface area contributed by atoms with Gasteiger partial charge in [-0.3, -0.25) is 4.98 Å². The molecule has 3 heterocycles. The van der Waals surface area contributed by atoms with Gasteiger partial charge in [-0.25, -0.2) is 13.4 Å². The van der Waals surface area contributed by atoms with E-state index in [1.807, 2.05) is 0 Å². The first-order valence-corrected chi connectivity index (χ1v) is 8.05. The largest absolute Gasteiger partial charge is 0.480 e. The van der Waals surface area contributed by atoms with Gasteiger partial charge in [0.15, 0.2) is 5.03 Å². The van der Waals surface area contributed by atoms with Gasteiger partial charge in [0, 0.05) is 6.54 Å². The molecular formula is C12H15N5O4S. The molecule has 10 heteroatoms. The van der Waals surface area contributed by atoms with Crippen LogP contribution in [0.4, 0.5) is 0 Å². The highest BCUT2D eigenvalue weighted by Crippen LogP contribution is 2.22. The van der Waals surface area contributed by atoms with Crippen LogP contribution < -0.4 is 9.47 Å². The number of imidazole rings is 1. The maximum atomic E-state index is 12.3. The molecule has 2 aromatic rings. The lowest BCUT2D eigenvalue weighted by Gasteiger charge is -2.15. The fourth-order valence-electron chi connectivity index (χ4n) is 2.19. The first-order chi connectivity index (χ1) is 10.6. The monoisotopic (exact) mass is 325 g/mol. The summed E-state index contributed by atoms with van der Waals surface area (Å²) in [6, 6.07) is 0. The molecule has 1 N–H and O–H groups in total. The Morgan fingerprint density at radius 3 is 2.82 bits per heavy atom. The maximum absolute atomic E-state index is 12.3. The molecule has 1 aliphatic heterocycles.